The number of anilines is 1. The number of likely N-dealkylation sites (N-methyl/N-ethyl adjacent to an activating group) is 2. The number of rotatable bonds is 8. The van der Waals surface area contributed by atoms with Gasteiger partial charge in [-0.3, -0.25) is 9.67 Å². The zero-order valence-corrected chi connectivity index (χ0v) is 20.2. The lowest BCUT2D eigenvalue weighted by atomic mass is 9.98. The number of aromatic nitrogens is 3. The van der Waals surface area contributed by atoms with E-state index in [1.807, 2.05) is 53.2 Å². The van der Waals surface area contributed by atoms with Crippen molar-refractivity contribution in [1.82, 2.24) is 19.7 Å². The molecule has 0 radical (unpaired) electrons. The minimum absolute atomic E-state index is 0.0520. The van der Waals surface area contributed by atoms with Crippen LogP contribution < -0.4 is 9.64 Å². The number of methoxy groups -OCH3 is 1. The van der Waals surface area contributed by atoms with Crippen molar-refractivity contribution in [1.29, 1.82) is 0 Å². The van der Waals surface area contributed by atoms with Crippen LogP contribution in [-0.2, 0) is 0 Å². The number of nitrogens with zero attached hydrogens (tertiary/aromatic N) is 4. The number of nitrogens with one attached hydrogen (secondary N) is 1. The van der Waals surface area contributed by atoms with E-state index in [4.69, 9.17) is 17.0 Å². The van der Waals surface area contributed by atoms with Crippen LogP contribution in [0.5, 0.6) is 17.2 Å². The first-order chi connectivity index (χ1) is 15.1. The Bertz CT molecular complexity index is 1150. The molecule has 172 valence electrons. The van der Waals surface area contributed by atoms with Crippen molar-refractivity contribution in [3.8, 4) is 34.3 Å². The summed E-state index contributed by atoms with van der Waals surface area (Å²) in [6.45, 7) is 5.66. The second kappa shape index (κ2) is 9.62. The second-order valence-electron chi connectivity index (χ2n) is 8.35. The van der Waals surface area contributed by atoms with E-state index in [1.165, 1.54) is 6.07 Å². The van der Waals surface area contributed by atoms with E-state index < -0.39 is 0 Å². The van der Waals surface area contributed by atoms with Gasteiger partial charge in [0.1, 0.15) is 17.2 Å². The summed E-state index contributed by atoms with van der Waals surface area (Å²) in [5, 5.41) is 28.0. The maximum absolute atomic E-state index is 10.6. The zero-order chi connectivity index (χ0) is 23.6. The third-order valence-corrected chi connectivity index (χ3v) is 5.67. The highest BCUT2D eigenvalue weighted by Gasteiger charge is 2.20. The van der Waals surface area contributed by atoms with Crippen LogP contribution in [0.15, 0.2) is 30.3 Å². The summed E-state index contributed by atoms with van der Waals surface area (Å²) in [5.41, 5.74) is 2.90. The van der Waals surface area contributed by atoms with Gasteiger partial charge >= 0.3 is 0 Å². The molecule has 0 fully saturated rings. The second-order valence-corrected chi connectivity index (χ2v) is 8.74. The zero-order valence-electron chi connectivity index (χ0n) is 19.4. The number of H-pyrrole nitrogens is 1. The smallest absolute Gasteiger partial charge is 0.200 e. The number of aromatic hydroxyl groups is 2. The SMILES string of the molecule is COc1ccc(-n2c(-c3cc(C(C)C)c(O)cc3O)n[nH]c2=S)cc1N(C)CCN(C)C. The summed E-state index contributed by atoms with van der Waals surface area (Å²) in [4.78, 5) is 4.25. The molecule has 0 aliphatic rings. The van der Waals surface area contributed by atoms with Gasteiger partial charge in [0.15, 0.2) is 10.6 Å². The van der Waals surface area contributed by atoms with Crippen LogP contribution in [0, 0.1) is 4.77 Å². The molecular formula is C23H31N5O3S. The van der Waals surface area contributed by atoms with Gasteiger partial charge in [-0.1, -0.05) is 13.8 Å². The largest absolute Gasteiger partial charge is 0.508 e. The fourth-order valence-corrected chi connectivity index (χ4v) is 3.78. The first-order valence-electron chi connectivity index (χ1n) is 10.4. The highest BCUT2D eigenvalue weighted by atomic mass is 32.1. The minimum Gasteiger partial charge on any atom is -0.508 e. The number of hydrogen-bond acceptors (Lipinski definition) is 7. The Morgan fingerprint density at radius 3 is 2.44 bits per heavy atom. The van der Waals surface area contributed by atoms with Crippen LogP contribution in [0.3, 0.4) is 0 Å². The summed E-state index contributed by atoms with van der Waals surface area (Å²) in [6, 6.07) is 8.89. The van der Waals surface area contributed by atoms with E-state index in [2.05, 4.69) is 20.0 Å². The molecular weight excluding hydrogens is 426 g/mol. The Morgan fingerprint density at radius 2 is 1.81 bits per heavy atom. The molecule has 1 aromatic heterocycles. The first-order valence-corrected chi connectivity index (χ1v) is 10.8. The molecule has 0 bridgehead atoms. The maximum atomic E-state index is 10.6. The number of ether oxygens (including phenoxy) is 1. The summed E-state index contributed by atoms with van der Waals surface area (Å²) in [6.07, 6.45) is 0. The van der Waals surface area contributed by atoms with E-state index in [9.17, 15) is 10.2 Å². The van der Waals surface area contributed by atoms with Crippen molar-refractivity contribution in [2.45, 2.75) is 19.8 Å². The topological polar surface area (TPSA) is 89.8 Å². The average molecular weight is 458 g/mol. The van der Waals surface area contributed by atoms with E-state index in [0.717, 1.165) is 35.8 Å². The highest BCUT2D eigenvalue weighted by molar-refractivity contribution is 7.71. The van der Waals surface area contributed by atoms with Crippen molar-refractivity contribution in [3.05, 3.63) is 40.7 Å². The Morgan fingerprint density at radius 1 is 1.09 bits per heavy atom. The molecule has 2 aromatic carbocycles. The quantitative estimate of drug-likeness (QED) is 0.438. The lowest BCUT2D eigenvalue weighted by Crippen LogP contribution is -2.28. The van der Waals surface area contributed by atoms with E-state index in [-0.39, 0.29) is 17.4 Å². The summed E-state index contributed by atoms with van der Waals surface area (Å²) < 4.78 is 7.75. The molecule has 3 rings (SSSR count). The first kappa shape index (κ1) is 23.6. The molecule has 0 aliphatic heterocycles. The number of aromatic amines is 1. The number of benzene rings is 2. The molecule has 9 heteroatoms. The van der Waals surface area contributed by atoms with Crippen molar-refractivity contribution < 1.29 is 14.9 Å². The molecule has 0 unspecified atom stereocenters. The van der Waals surface area contributed by atoms with Gasteiger partial charge in [0.05, 0.1) is 24.0 Å². The third-order valence-electron chi connectivity index (χ3n) is 5.39. The molecule has 0 saturated heterocycles. The third kappa shape index (κ3) is 4.73. The van der Waals surface area contributed by atoms with Crippen molar-refractivity contribution in [2.75, 3.05) is 46.2 Å². The summed E-state index contributed by atoms with van der Waals surface area (Å²) >= 11 is 5.53. The Labute approximate surface area is 193 Å². The molecule has 32 heavy (non-hydrogen) atoms. The van der Waals surface area contributed by atoms with Crippen LogP contribution in [0.2, 0.25) is 0 Å². The Hall–Kier alpha value is -3.04. The fourth-order valence-electron chi connectivity index (χ4n) is 3.54. The van der Waals surface area contributed by atoms with Crippen molar-refractivity contribution in [3.63, 3.8) is 0 Å². The predicted octanol–water partition coefficient (Wildman–Crippen LogP) is 4.14. The van der Waals surface area contributed by atoms with Crippen LogP contribution in [0.4, 0.5) is 5.69 Å². The van der Waals surface area contributed by atoms with E-state index in [0.29, 0.717) is 16.2 Å². The molecule has 1 heterocycles. The normalized spacial score (nSPS) is 11.4. The van der Waals surface area contributed by atoms with Gasteiger partial charge < -0.3 is 24.7 Å². The Balaban J connectivity index is 2.14. The number of hydrogen-bond donors (Lipinski definition) is 3. The van der Waals surface area contributed by atoms with Crippen LogP contribution in [0.25, 0.3) is 17.1 Å². The standard InChI is InChI=1S/C23H31N5O3S/c1-14(2)16-12-17(20(30)13-19(16)29)22-24-25-23(32)28(22)15-7-8-21(31-6)18(11-15)27(5)10-9-26(3)4/h7-8,11-14,29-30H,9-10H2,1-6H3,(H,25,32). The predicted molar refractivity (Wildman–Crippen MR) is 130 cm³/mol. The minimum atomic E-state index is -0.0704. The molecule has 0 atom stereocenters. The molecule has 0 saturated carbocycles. The van der Waals surface area contributed by atoms with Crippen LogP contribution in [-0.4, -0.2) is 71.2 Å². The van der Waals surface area contributed by atoms with E-state index in [1.54, 1.807) is 17.7 Å². The summed E-state index contributed by atoms with van der Waals surface area (Å²) in [5.74, 6) is 1.26. The van der Waals surface area contributed by atoms with Crippen LogP contribution >= 0.6 is 12.2 Å². The van der Waals surface area contributed by atoms with Gasteiger partial charge in [0.25, 0.3) is 0 Å². The highest BCUT2D eigenvalue weighted by Crippen LogP contribution is 2.38. The fraction of sp³-hybridized carbons (Fsp3) is 0.391. The molecule has 8 nitrogen and oxygen atoms in total. The molecule has 3 N–H and O–H groups in total. The molecule has 3 aromatic rings. The van der Waals surface area contributed by atoms with Crippen LogP contribution in [0.1, 0.15) is 25.3 Å². The lowest BCUT2D eigenvalue weighted by molar-refractivity contribution is 0.406. The molecule has 0 aliphatic carbocycles. The maximum Gasteiger partial charge on any atom is 0.200 e. The molecule has 0 amide bonds. The van der Waals surface area contributed by atoms with Crippen molar-refractivity contribution >= 4 is 17.9 Å². The van der Waals surface area contributed by atoms with Gasteiger partial charge in [0, 0.05) is 26.2 Å². The van der Waals surface area contributed by atoms with Gasteiger partial charge in [-0.2, -0.15) is 5.10 Å². The van der Waals surface area contributed by atoms with Crippen molar-refractivity contribution in [2.24, 2.45) is 0 Å². The monoisotopic (exact) mass is 457 g/mol. The van der Waals surface area contributed by atoms with Gasteiger partial charge in [-0.15, -0.1) is 0 Å². The average Bonchev–Trinajstić information content (AvgIpc) is 3.12. The lowest BCUT2D eigenvalue weighted by Gasteiger charge is -2.24. The number of phenols is 2. The van der Waals surface area contributed by atoms with E-state index >= 15 is 0 Å². The van der Waals surface area contributed by atoms with Gasteiger partial charge in [-0.25, -0.2) is 0 Å². The summed E-state index contributed by atoms with van der Waals surface area (Å²) in [7, 11) is 7.73. The van der Waals surface area contributed by atoms with Gasteiger partial charge in [-0.05, 0) is 62.1 Å². The molecule has 0 spiro atoms. The van der Waals surface area contributed by atoms with Gasteiger partial charge in [0.2, 0.25) is 0 Å². The number of phenolic OH excluding ortho intramolecular Hbond substituents is 2. The Kier molecular flexibility index (Phi) is 7.10.